The Kier molecular flexibility index (Phi) is 5.88. The van der Waals surface area contributed by atoms with Crippen LogP contribution in [0, 0.1) is 13.8 Å². The van der Waals surface area contributed by atoms with Gasteiger partial charge in [0.25, 0.3) is 0 Å². The van der Waals surface area contributed by atoms with E-state index in [0.29, 0.717) is 23.1 Å². The summed E-state index contributed by atoms with van der Waals surface area (Å²) in [5.74, 6) is 1.68. The molecule has 1 aromatic heterocycles. The Hall–Kier alpha value is -2.70. The van der Waals surface area contributed by atoms with E-state index < -0.39 is 0 Å². The molecule has 1 aliphatic heterocycles. The average Bonchev–Trinajstić information content (AvgIpc) is 2.74. The number of ether oxygens (including phenoxy) is 1. The fraction of sp³-hybridized carbons (Fsp3) is 0.273. The topological polar surface area (TPSA) is 67.5 Å². The molecule has 1 fully saturated rings. The highest BCUT2D eigenvalue weighted by molar-refractivity contribution is 6.32. The maximum absolute atomic E-state index is 6.38. The third-order valence-electron chi connectivity index (χ3n) is 5.20. The van der Waals surface area contributed by atoms with Crippen LogP contribution < -0.4 is 20.3 Å². The lowest BCUT2D eigenvalue weighted by Gasteiger charge is -2.37. The Morgan fingerprint density at radius 1 is 0.933 bits per heavy atom. The minimum Gasteiger partial charge on any atom is -0.437 e. The number of rotatable bonds is 4. The maximum atomic E-state index is 6.38. The molecular weight excluding hydrogens is 421 g/mol. The summed E-state index contributed by atoms with van der Waals surface area (Å²) >= 11 is 12.4. The Bertz CT molecular complexity index is 1040. The number of nitrogens with two attached hydrogens (primary N) is 1. The zero-order chi connectivity index (χ0) is 21.3. The smallest absolute Gasteiger partial charge is 0.248 e. The molecule has 1 saturated heterocycles. The molecule has 2 heterocycles. The number of piperazine rings is 1. The molecular formula is C22H23Cl2N5O. The summed E-state index contributed by atoms with van der Waals surface area (Å²) in [6.45, 7) is 7.14. The highest BCUT2D eigenvalue weighted by Gasteiger charge is 2.22. The summed E-state index contributed by atoms with van der Waals surface area (Å²) in [5, 5.41) is 1.47. The van der Waals surface area contributed by atoms with Gasteiger partial charge in [0.15, 0.2) is 5.82 Å². The third kappa shape index (κ3) is 4.25. The van der Waals surface area contributed by atoms with Crippen LogP contribution in [0.5, 0.6) is 11.6 Å². The Morgan fingerprint density at radius 3 is 2.27 bits per heavy atom. The number of hydrogen-bond donors (Lipinski definition) is 1. The molecule has 4 rings (SSSR count). The van der Waals surface area contributed by atoms with E-state index in [2.05, 4.69) is 25.8 Å². The largest absolute Gasteiger partial charge is 0.437 e. The van der Waals surface area contributed by atoms with Crippen molar-refractivity contribution in [3.05, 3.63) is 63.9 Å². The van der Waals surface area contributed by atoms with Crippen LogP contribution in [-0.4, -0.2) is 36.1 Å². The predicted molar refractivity (Wildman–Crippen MR) is 123 cm³/mol. The van der Waals surface area contributed by atoms with Gasteiger partial charge in [-0.3, -0.25) is 0 Å². The molecule has 0 bridgehead atoms. The predicted octanol–water partition coefficient (Wildman–Crippen LogP) is 5.10. The van der Waals surface area contributed by atoms with E-state index in [1.807, 2.05) is 44.2 Å². The van der Waals surface area contributed by atoms with Crippen molar-refractivity contribution in [1.82, 2.24) is 9.97 Å². The van der Waals surface area contributed by atoms with Gasteiger partial charge in [-0.1, -0.05) is 29.3 Å². The summed E-state index contributed by atoms with van der Waals surface area (Å²) < 4.78 is 5.97. The maximum Gasteiger partial charge on any atom is 0.248 e. The fourth-order valence-electron chi connectivity index (χ4n) is 3.63. The van der Waals surface area contributed by atoms with Crippen LogP contribution in [0.2, 0.25) is 10.0 Å². The van der Waals surface area contributed by atoms with Crippen molar-refractivity contribution in [2.45, 2.75) is 13.8 Å². The zero-order valence-electron chi connectivity index (χ0n) is 16.9. The fourth-order valence-corrected chi connectivity index (χ4v) is 3.92. The van der Waals surface area contributed by atoms with Gasteiger partial charge < -0.3 is 20.3 Å². The Labute approximate surface area is 186 Å². The van der Waals surface area contributed by atoms with Crippen molar-refractivity contribution >= 4 is 40.4 Å². The van der Waals surface area contributed by atoms with Crippen LogP contribution in [-0.2, 0) is 0 Å². The second-order valence-electron chi connectivity index (χ2n) is 7.34. The molecule has 156 valence electrons. The number of halogens is 2. The van der Waals surface area contributed by atoms with Crippen LogP contribution in [0.25, 0.3) is 0 Å². The Morgan fingerprint density at radius 2 is 1.60 bits per heavy atom. The molecule has 8 heteroatoms. The number of nitrogen functional groups attached to an aromatic ring is 1. The summed E-state index contributed by atoms with van der Waals surface area (Å²) in [6.07, 6.45) is 1.49. The zero-order valence-corrected chi connectivity index (χ0v) is 18.4. The minimum atomic E-state index is 0.346. The van der Waals surface area contributed by atoms with E-state index in [0.717, 1.165) is 53.0 Å². The molecule has 0 aliphatic carbocycles. The molecule has 0 atom stereocenters. The summed E-state index contributed by atoms with van der Waals surface area (Å²) in [4.78, 5) is 13.1. The molecule has 6 nitrogen and oxygen atoms in total. The first kappa shape index (κ1) is 20.6. The first-order chi connectivity index (χ1) is 14.4. The van der Waals surface area contributed by atoms with Gasteiger partial charge in [0.1, 0.15) is 17.8 Å². The molecule has 3 aromatic rings. The van der Waals surface area contributed by atoms with Gasteiger partial charge in [0.2, 0.25) is 5.88 Å². The summed E-state index contributed by atoms with van der Waals surface area (Å²) in [7, 11) is 0. The number of aromatic nitrogens is 2. The van der Waals surface area contributed by atoms with Crippen molar-refractivity contribution in [2.75, 3.05) is 41.7 Å². The quantitative estimate of drug-likeness (QED) is 0.604. The van der Waals surface area contributed by atoms with Gasteiger partial charge in [0.05, 0.1) is 0 Å². The number of nitrogens with zero attached hydrogens (tertiary/aromatic N) is 4. The molecule has 0 unspecified atom stereocenters. The lowest BCUT2D eigenvalue weighted by Crippen LogP contribution is -2.47. The monoisotopic (exact) mass is 443 g/mol. The van der Waals surface area contributed by atoms with Crippen molar-refractivity contribution < 1.29 is 4.74 Å². The average molecular weight is 444 g/mol. The van der Waals surface area contributed by atoms with Gasteiger partial charge in [-0.25, -0.2) is 4.98 Å². The standard InChI is InChI=1S/C22H23Cl2N5O/c1-14-10-18(11-15(2)19(14)24)30-22-20(25)21(26-13-27-22)29-8-6-28(7-9-29)17-5-3-4-16(23)12-17/h3-5,10-13H,6-9,25H2,1-2H3. The van der Waals surface area contributed by atoms with Crippen molar-refractivity contribution in [2.24, 2.45) is 0 Å². The van der Waals surface area contributed by atoms with Crippen LogP contribution in [0.4, 0.5) is 17.2 Å². The number of anilines is 3. The lowest BCUT2D eigenvalue weighted by molar-refractivity contribution is 0.463. The van der Waals surface area contributed by atoms with E-state index in [1.165, 1.54) is 6.33 Å². The summed E-state index contributed by atoms with van der Waals surface area (Å²) in [6, 6.07) is 11.7. The van der Waals surface area contributed by atoms with Crippen molar-refractivity contribution in [1.29, 1.82) is 0 Å². The van der Waals surface area contributed by atoms with E-state index in [4.69, 9.17) is 33.7 Å². The van der Waals surface area contributed by atoms with Crippen molar-refractivity contribution in [3.8, 4) is 11.6 Å². The summed E-state index contributed by atoms with van der Waals surface area (Å²) in [5.41, 5.74) is 9.82. The molecule has 1 aliphatic rings. The van der Waals surface area contributed by atoms with Gasteiger partial charge >= 0.3 is 0 Å². The van der Waals surface area contributed by atoms with Crippen LogP contribution >= 0.6 is 23.2 Å². The van der Waals surface area contributed by atoms with E-state index in [1.54, 1.807) is 0 Å². The van der Waals surface area contributed by atoms with Gasteiger partial charge in [-0.15, -0.1) is 0 Å². The molecule has 0 radical (unpaired) electrons. The number of hydrogen-bond acceptors (Lipinski definition) is 6. The first-order valence-corrected chi connectivity index (χ1v) is 10.5. The van der Waals surface area contributed by atoms with E-state index in [-0.39, 0.29) is 0 Å². The molecule has 30 heavy (non-hydrogen) atoms. The SMILES string of the molecule is Cc1cc(Oc2ncnc(N3CCN(c4cccc(Cl)c4)CC3)c2N)cc(C)c1Cl. The van der Waals surface area contributed by atoms with Crippen LogP contribution in [0.3, 0.4) is 0 Å². The van der Waals surface area contributed by atoms with Crippen molar-refractivity contribution in [3.63, 3.8) is 0 Å². The van der Waals surface area contributed by atoms with Gasteiger partial charge in [-0.2, -0.15) is 4.98 Å². The molecule has 2 N–H and O–H groups in total. The molecule has 0 amide bonds. The second kappa shape index (κ2) is 8.58. The molecule has 0 spiro atoms. The lowest BCUT2D eigenvalue weighted by atomic mass is 10.1. The Balaban J connectivity index is 1.50. The normalized spacial score (nSPS) is 14.1. The second-order valence-corrected chi connectivity index (χ2v) is 8.16. The molecule has 0 saturated carbocycles. The van der Waals surface area contributed by atoms with E-state index in [9.17, 15) is 0 Å². The first-order valence-electron chi connectivity index (χ1n) is 9.73. The van der Waals surface area contributed by atoms with Gasteiger partial charge in [-0.05, 0) is 55.3 Å². The number of benzene rings is 2. The third-order valence-corrected chi connectivity index (χ3v) is 6.03. The van der Waals surface area contributed by atoms with Crippen LogP contribution in [0.1, 0.15) is 11.1 Å². The minimum absolute atomic E-state index is 0.346. The molecule has 2 aromatic carbocycles. The highest BCUT2D eigenvalue weighted by atomic mass is 35.5. The van der Waals surface area contributed by atoms with Crippen LogP contribution in [0.15, 0.2) is 42.7 Å². The highest BCUT2D eigenvalue weighted by Crippen LogP contribution is 2.34. The van der Waals surface area contributed by atoms with E-state index >= 15 is 0 Å². The number of aryl methyl sites for hydroxylation is 2. The van der Waals surface area contributed by atoms with Gasteiger partial charge in [0, 0.05) is 41.9 Å².